The Labute approximate surface area is 136 Å². The van der Waals surface area contributed by atoms with Gasteiger partial charge in [-0.25, -0.2) is 4.79 Å². The molecule has 22 heavy (non-hydrogen) atoms. The lowest BCUT2D eigenvalue weighted by Gasteiger charge is -2.32. The third-order valence-electron chi connectivity index (χ3n) is 3.90. The smallest absolute Gasteiger partial charge is 0.319 e. The van der Waals surface area contributed by atoms with E-state index >= 15 is 0 Å². The molecule has 1 aromatic rings. The van der Waals surface area contributed by atoms with Gasteiger partial charge in [-0.2, -0.15) is 0 Å². The maximum atomic E-state index is 12.3. The van der Waals surface area contributed by atoms with E-state index in [0.29, 0.717) is 16.6 Å². The third-order valence-corrected chi connectivity index (χ3v) is 4.13. The average molecular weight is 324 g/mol. The van der Waals surface area contributed by atoms with Crippen LogP contribution < -0.4 is 10.6 Å². The van der Waals surface area contributed by atoms with Crippen molar-refractivity contribution in [2.75, 3.05) is 18.4 Å². The first-order valence-corrected chi connectivity index (χ1v) is 7.95. The van der Waals surface area contributed by atoms with Crippen molar-refractivity contribution in [3.63, 3.8) is 0 Å². The summed E-state index contributed by atoms with van der Waals surface area (Å²) in [5, 5.41) is 5.89. The fourth-order valence-corrected chi connectivity index (χ4v) is 2.68. The molecule has 2 rings (SSSR count). The number of urea groups is 1. The number of carbonyl (C=O) groups is 2. The number of nitrogens with zero attached hydrogens (tertiary/aromatic N) is 1. The molecule has 6 heteroatoms. The van der Waals surface area contributed by atoms with E-state index < -0.39 is 12.1 Å². The van der Waals surface area contributed by atoms with Crippen LogP contribution in [0.15, 0.2) is 24.3 Å². The monoisotopic (exact) mass is 323 g/mol. The van der Waals surface area contributed by atoms with Crippen molar-refractivity contribution in [2.24, 2.45) is 5.92 Å². The Balaban J connectivity index is 1.84. The van der Waals surface area contributed by atoms with Gasteiger partial charge in [0.25, 0.3) is 0 Å². The Morgan fingerprint density at radius 2 is 2.00 bits per heavy atom. The second kappa shape index (κ2) is 7.49. The van der Waals surface area contributed by atoms with Crippen molar-refractivity contribution in [3.05, 3.63) is 29.3 Å². The van der Waals surface area contributed by atoms with Gasteiger partial charge in [-0.05, 0) is 43.9 Å². The summed E-state index contributed by atoms with van der Waals surface area (Å²) in [6.07, 6.45) is 2.04. The van der Waals surface area contributed by atoms with Crippen molar-refractivity contribution in [2.45, 2.75) is 32.7 Å². The second-order valence-corrected chi connectivity index (χ2v) is 6.27. The molecule has 1 unspecified atom stereocenters. The molecular formula is C16H22ClN3O2. The summed E-state index contributed by atoms with van der Waals surface area (Å²) in [6.45, 7) is 5.43. The number of hydrogen-bond donors (Lipinski definition) is 2. The lowest BCUT2D eigenvalue weighted by Crippen LogP contribution is -2.50. The van der Waals surface area contributed by atoms with Crippen LogP contribution in [0.2, 0.25) is 5.02 Å². The summed E-state index contributed by atoms with van der Waals surface area (Å²) in [4.78, 5) is 26.1. The predicted molar refractivity (Wildman–Crippen MR) is 88.0 cm³/mol. The zero-order valence-electron chi connectivity index (χ0n) is 12.9. The molecule has 0 aliphatic carbocycles. The molecule has 2 N–H and O–H groups in total. The van der Waals surface area contributed by atoms with E-state index in [2.05, 4.69) is 17.6 Å². The number of nitrogens with one attached hydrogen (secondary N) is 2. The van der Waals surface area contributed by atoms with E-state index in [-0.39, 0.29) is 5.91 Å². The number of halogens is 1. The minimum Gasteiger partial charge on any atom is -0.341 e. The van der Waals surface area contributed by atoms with Crippen LogP contribution in [-0.4, -0.2) is 36.0 Å². The van der Waals surface area contributed by atoms with E-state index in [4.69, 9.17) is 11.6 Å². The Bertz CT molecular complexity index is 542. The molecule has 120 valence electrons. The fourth-order valence-electron chi connectivity index (χ4n) is 2.49. The Morgan fingerprint density at radius 1 is 1.32 bits per heavy atom. The molecule has 1 fully saturated rings. The summed E-state index contributed by atoms with van der Waals surface area (Å²) in [7, 11) is 0. The number of likely N-dealkylation sites (tertiary alicyclic amines) is 1. The first-order chi connectivity index (χ1) is 10.5. The van der Waals surface area contributed by atoms with Gasteiger partial charge < -0.3 is 15.5 Å². The number of benzene rings is 1. The maximum absolute atomic E-state index is 12.3. The van der Waals surface area contributed by atoms with Crippen LogP contribution in [0.5, 0.6) is 0 Å². The molecule has 0 spiro atoms. The van der Waals surface area contributed by atoms with E-state index in [1.54, 1.807) is 31.2 Å². The minimum atomic E-state index is -0.549. The molecule has 1 aliphatic rings. The first kappa shape index (κ1) is 16.6. The zero-order valence-corrected chi connectivity index (χ0v) is 13.7. The van der Waals surface area contributed by atoms with Crippen molar-refractivity contribution in [1.82, 2.24) is 10.2 Å². The predicted octanol–water partition coefficient (Wildman–Crippen LogP) is 3.11. The van der Waals surface area contributed by atoms with Gasteiger partial charge in [0.2, 0.25) is 5.91 Å². The number of carbonyl (C=O) groups excluding carboxylic acids is 2. The van der Waals surface area contributed by atoms with Crippen molar-refractivity contribution >= 4 is 29.2 Å². The fraction of sp³-hybridized carbons (Fsp3) is 0.500. The van der Waals surface area contributed by atoms with Gasteiger partial charge in [0.15, 0.2) is 0 Å². The topological polar surface area (TPSA) is 61.4 Å². The average Bonchev–Trinajstić information content (AvgIpc) is 2.47. The lowest BCUT2D eigenvalue weighted by atomic mass is 9.99. The summed E-state index contributed by atoms with van der Waals surface area (Å²) in [5.74, 6) is 0.631. The molecule has 1 heterocycles. The standard InChI is InChI=1S/C16H22ClN3O2/c1-11-6-8-20(9-7-11)15(21)12(2)18-16(22)19-14-5-3-4-13(17)10-14/h3-5,10-12H,6-9H2,1-2H3,(H2,18,19,22). The molecule has 5 nitrogen and oxygen atoms in total. The molecule has 1 saturated heterocycles. The highest BCUT2D eigenvalue weighted by molar-refractivity contribution is 6.30. The van der Waals surface area contributed by atoms with Crippen molar-refractivity contribution < 1.29 is 9.59 Å². The van der Waals surface area contributed by atoms with Crippen LogP contribution in [0.3, 0.4) is 0 Å². The van der Waals surface area contributed by atoms with Gasteiger partial charge >= 0.3 is 6.03 Å². The molecule has 1 atom stereocenters. The Kier molecular flexibility index (Phi) is 5.66. The van der Waals surface area contributed by atoms with E-state index in [1.807, 2.05) is 4.90 Å². The summed E-state index contributed by atoms with van der Waals surface area (Å²) < 4.78 is 0. The van der Waals surface area contributed by atoms with Gasteiger partial charge in [-0.3, -0.25) is 4.79 Å². The number of piperidine rings is 1. The van der Waals surface area contributed by atoms with Crippen LogP contribution in [0.1, 0.15) is 26.7 Å². The highest BCUT2D eigenvalue weighted by atomic mass is 35.5. The minimum absolute atomic E-state index is 0.0341. The number of hydrogen-bond acceptors (Lipinski definition) is 2. The highest BCUT2D eigenvalue weighted by Gasteiger charge is 2.25. The van der Waals surface area contributed by atoms with Crippen LogP contribution in [0, 0.1) is 5.92 Å². The number of amides is 3. The molecule has 1 aliphatic heterocycles. The van der Waals surface area contributed by atoms with Gasteiger partial charge in [0, 0.05) is 23.8 Å². The summed E-state index contributed by atoms with van der Waals surface area (Å²) in [6, 6.07) is 5.92. The van der Waals surface area contributed by atoms with Gasteiger partial charge in [0.05, 0.1) is 0 Å². The van der Waals surface area contributed by atoms with Crippen molar-refractivity contribution in [1.29, 1.82) is 0 Å². The van der Waals surface area contributed by atoms with Gasteiger partial charge in [-0.1, -0.05) is 24.6 Å². The zero-order chi connectivity index (χ0) is 16.1. The Hall–Kier alpha value is -1.75. The third kappa shape index (κ3) is 4.63. The molecule has 0 aromatic heterocycles. The quantitative estimate of drug-likeness (QED) is 0.897. The molecule has 0 radical (unpaired) electrons. The van der Waals surface area contributed by atoms with Crippen LogP contribution in [0.4, 0.5) is 10.5 Å². The molecular weight excluding hydrogens is 302 g/mol. The largest absolute Gasteiger partial charge is 0.341 e. The molecule has 3 amide bonds. The number of anilines is 1. The van der Waals surface area contributed by atoms with E-state index in [9.17, 15) is 9.59 Å². The normalized spacial score (nSPS) is 17.0. The van der Waals surface area contributed by atoms with Crippen LogP contribution in [0.25, 0.3) is 0 Å². The molecule has 0 bridgehead atoms. The Morgan fingerprint density at radius 3 is 2.64 bits per heavy atom. The SMILES string of the molecule is CC1CCN(C(=O)C(C)NC(=O)Nc2cccc(Cl)c2)CC1. The van der Waals surface area contributed by atoms with Crippen molar-refractivity contribution in [3.8, 4) is 0 Å². The maximum Gasteiger partial charge on any atom is 0.319 e. The van der Waals surface area contributed by atoms with E-state index in [1.165, 1.54) is 0 Å². The number of rotatable bonds is 3. The van der Waals surface area contributed by atoms with Crippen LogP contribution >= 0.6 is 11.6 Å². The first-order valence-electron chi connectivity index (χ1n) is 7.57. The van der Waals surface area contributed by atoms with E-state index in [0.717, 1.165) is 25.9 Å². The summed E-state index contributed by atoms with van der Waals surface area (Å²) in [5.41, 5.74) is 0.594. The van der Waals surface area contributed by atoms with Crippen LogP contribution in [-0.2, 0) is 4.79 Å². The molecule has 0 saturated carbocycles. The summed E-state index contributed by atoms with van der Waals surface area (Å²) >= 11 is 5.87. The second-order valence-electron chi connectivity index (χ2n) is 5.84. The van der Waals surface area contributed by atoms with Gasteiger partial charge in [0.1, 0.15) is 6.04 Å². The lowest BCUT2D eigenvalue weighted by molar-refractivity contribution is -0.134. The highest BCUT2D eigenvalue weighted by Crippen LogP contribution is 2.17. The van der Waals surface area contributed by atoms with Gasteiger partial charge in [-0.15, -0.1) is 0 Å². The molecule has 1 aromatic carbocycles.